The Hall–Kier alpha value is -1.89. The molecule has 1 heterocycles. The third-order valence-corrected chi connectivity index (χ3v) is 2.84. The van der Waals surface area contributed by atoms with Crippen LogP contribution in [0.1, 0.15) is 12.0 Å². The number of benzene rings is 1. The molecule has 1 fully saturated rings. The van der Waals surface area contributed by atoms with Gasteiger partial charge < -0.3 is 4.90 Å². The van der Waals surface area contributed by atoms with Gasteiger partial charge in [0.1, 0.15) is 5.82 Å². The van der Waals surface area contributed by atoms with Crippen molar-refractivity contribution in [1.29, 1.82) is 5.26 Å². The minimum absolute atomic E-state index is 0.111. The van der Waals surface area contributed by atoms with Crippen LogP contribution in [0.15, 0.2) is 18.2 Å². The fraction of sp³-hybridized carbons (Fsp3) is 0.333. The first kappa shape index (κ1) is 10.6. The third-order valence-electron chi connectivity index (χ3n) is 2.84. The van der Waals surface area contributed by atoms with Crippen LogP contribution in [0.5, 0.6) is 0 Å². The summed E-state index contributed by atoms with van der Waals surface area (Å²) in [6.45, 7) is 2.00. The lowest BCUT2D eigenvalue weighted by Crippen LogP contribution is -2.25. The molecular weight excluding hydrogens is 207 g/mol. The number of hydrogen-bond donors (Lipinski definition) is 0. The molecule has 1 unspecified atom stereocenters. The number of rotatable bonds is 1. The van der Waals surface area contributed by atoms with Crippen molar-refractivity contribution in [2.45, 2.75) is 13.3 Å². The van der Waals surface area contributed by atoms with Gasteiger partial charge in [0, 0.05) is 24.2 Å². The second-order valence-corrected chi connectivity index (χ2v) is 3.92. The Morgan fingerprint density at radius 1 is 1.56 bits per heavy atom. The summed E-state index contributed by atoms with van der Waals surface area (Å²) in [4.78, 5) is 13.2. The highest BCUT2D eigenvalue weighted by Crippen LogP contribution is 2.28. The van der Waals surface area contributed by atoms with Crippen LogP contribution in [0.3, 0.4) is 0 Å². The summed E-state index contributed by atoms with van der Waals surface area (Å²) in [7, 11) is 0. The fourth-order valence-electron chi connectivity index (χ4n) is 1.92. The summed E-state index contributed by atoms with van der Waals surface area (Å²) in [5, 5.41) is 8.77. The predicted molar refractivity (Wildman–Crippen MR) is 57.2 cm³/mol. The largest absolute Gasteiger partial charge is 0.311 e. The minimum atomic E-state index is -0.328. The van der Waals surface area contributed by atoms with E-state index in [0.29, 0.717) is 17.8 Å². The zero-order valence-electron chi connectivity index (χ0n) is 8.90. The van der Waals surface area contributed by atoms with E-state index in [1.54, 1.807) is 19.1 Å². The normalized spacial score (nSPS) is 19.9. The van der Waals surface area contributed by atoms with Gasteiger partial charge >= 0.3 is 0 Å². The Labute approximate surface area is 93.1 Å². The average Bonchev–Trinajstić information content (AvgIpc) is 2.64. The lowest BCUT2D eigenvalue weighted by Gasteiger charge is -2.18. The lowest BCUT2D eigenvalue weighted by molar-refractivity contribution is -0.117. The topological polar surface area (TPSA) is 44.1 Å². The third kappa shape index (κ3) is 1.65. The van der Waals surface area contributed by atoms with Crippen molar-refractivity contribution < 1.29 is 9.18 Å². The highest BCUT2D eigenvalue weighted by molar-refractivity contribution is 5.96. The maximum Gasteiger partial charge on any atom is 0.228 e. The molecule has 3 nitrogen and oxygen atoms in total. The van der Waals surface area contributed by atoms with Crippen molar-refractivity contribution in [3.05, 3.63) is 29.6 Å². The minimum Gasteiger partial charge on any atom is -0.311 e. The Balaban J connectivity index is 2.36. The first-order valence-electron chi connectivity index (χ1n) is 5.08. The van der Waals surface area contributed by atoms with E-state index in [2.05, 4.69) is 6.07 Å². The molecular formula is C12H11FN2O. The van der Waals surface area contributed by atoms with Crippen molar-refractivity contribution in [3.8, 4) is 6.07 Å². The molecule has 0 N–H and O–H groups in total. The highest BCUT2D eigenvalue weighted by atomic mass is 19.1. The number of anilines is 1. The molecule has 0 bridgehead atoms. The molecule has 0 saturated carbocycles. The zero-order valence-corrected chi connectivity index (χ0v) is 8.90. The molecule has 16 heavy (non-hydrogen) atoms. The first-order chi connectivity index (χ1) is 7.63. The number of carbonyl (C=O) groups excluding carboxylic acids is 1. The summed E-state index contributed by atoms with van der Waals surface area (Å²) < 4.78 is 13.3. The number of nitrogens with zero attached hydrogens (tertiary/aromatic N) is 2. The van der Waals surface area contributed by atoms with Crippen LogP contribution in [-0.2, 0) is 4.79 Å². The molecule has 1 aliphatic heterocycles. The van der Waals surface area contributed by atoms with Crippen LogP contribution >= 0.6 is 0 Å². The Bertz CT molecular complexity index is 478. The molecule has 0 aliphatic carbocycles. The lowest BCUT2D eigenvalue weighted by atomic mass is 10.1. The Morgan fingerprint density at radius 3 is 2.94 bits per heavy atom. The summed E-state index contributed by atoms with van der Waals surface area (Å²) in [6, 6.07) is 6.71. The van der Waals surface area contributed by atoms with Gasteiger partial charge in [-0.3, -0.25) is 4.79 Å². The van der Waals surface area contributed by atoms with Gasteiger partial charge in [0.05, 0.1) is 12.0 Å². The van der Waals surface area contributed by atoms with Crippen molar-refractivity contribution >= 4 is 11.6 Å². The first-order valence-corrected chi connectivity index (χ1v) is 5.08. The maximum absolute atomic E-state index is 13.3. The molecule has 2 rings (SSSR count). The quantitative estimate of drug-likeness (QED) is 0.723. The van der Waals surface area contributed by atoms with E-state index in [9.17, 15) is 9.18 Å². The van der Waals surface area contributed by atoms with Gasteiger partial charge in [0.2, 0.25) is 5.91 Å². The van der Waals surface area contributed by atoms with E-state index in [4.69, 9.17) is 5.26 Å². The van der Waals surface area contributed by atoms with Gasteiger partial charge in [0.15, 0.2) is 0 Å². The number of nitriles is 1. The van der Waals surface area contributed by atoms with Gasteiger partial charge in [-0.2, -0.15) is 5.26 Å². The monoisotopic (exact) mass is 218 g/mol. The van der Waals surface area contributed by atoms with E-state index >= 15 is 0 Å². The average molecular weight is 218 g/mol. The van der Waals surface area contributed by atoms with Crippen LogP contribution in [-0.4, -0.2) is 12.5 Å². The molecule has 82 valence electrons. The molecule has 1 amide bonds. The zero-order chi connectivity index (χ0) is 11.7. The maximum atomic E-state index is 13.3. The Morgan fingerprint density at radius 2 is 2.31 bits per heavy atom. The van der Waals surface area contributed by atoms with E-state index in [1.807, 2.05) is 0 Å². The van der Waals surface area contributed by atoms with Gasteiger partial charge in [-0.05, 0) is 19.1 Å². The van der Waals surface area contributed by atoms with Gasteiger partial charge in [-0.25, -0.2) is 4.39 Å². The second-order valence-electron chi connectivity index (χ2n) is 3.92. The van der Waals surface area contributed by atoms with Gasteiger partial charge in [-0.15, -0.1) is 0 Å². The van der Waals surface area contributed by atoms with Crippen molar-refractivity contribution in [2.75, 3.05) is 11.4 Å². The summed E-state index contributed by atoms with van der Waals surface area (Å²) in [5.41, 5.74) is 1.03. The number of hydrogen-bond acceptors (Lipinski definition) is 2. The number of halogens is 1. The highest BCUT2D eigenvalue weighted by Gasteiger charge is 2.31. The van der Waals surface area contributed by atoms with Crippen LogP contribution in [0.25, 0.3) is 0 Å². The smallest absolute Gasteiger partial charge is 0.228 e. The van der Waals surface area contributed by atoms with E-state index in [0.717, 1.165) is 0 Å². The van der Waals surface area contributed by atoms with Crippen molar-refractivity contribution in [2.24, 2.45) is 5.92 Å². The molecule has 4 heteroatoms. The number of amides is 1. The molecule has 1 aromatic rings. The van der Waals surface area contributed by atoms with Gasteiger partial charge in [-0.1, -0.05) is 6.07 Å². The predicted octanol–water partition coefficient (Wildman–Crippen LogP) is 2.01. The van der Waals surface area contributed by atoms with Gasteiger partial charge in [0.25, 0.3) is 0 Å². The van der Waals surface area contributed by atoms with Crippen LogP contribution < -0.4 is 4.90 Å². The second kappa shape index (κ2) is 3.93. The summed E-state index contributed by atoms with van der Waals surface area (Å²) in [6.07, 6.45) is 0.229. The Kier molecular flexibility index (Phi) is 2.61. The molecule has 1 saturated heterocycles. The molecule has 1 atom stereocenters. The van der Waals surface area contributed by atoms with Crippen molar-refractivity contribution in [3.63, 3.8) is 0 Å². The summed E-state index contributed by atoms with van der Waals surface area (Å²) >= 11 is 0. The SMILES string of the molecule is Cc1c(F)cccc1N1CC(C#N)CC1=O. The molecule has 0 spiro atoms. The summed E-state index contributed by atoms with van der Waals surface area (Å²) in [5.74, 6) is -0.721. The molecule has 1 aromatic carbocycles. The van der Waals surface area contributed by atoms with Crippen LogP contribution in [0.2, 0.25) is 0 Å². The fourth-order valence-corrected chi connectivity index (χ4v) is 1.92. The van der Waals surface area contributed by atoms with Crippen molar-refractivity contribution in [1.82, 2.24) is 0 Å². The molecule has 0 aromatic heterocycles. The van der Waals surface area contributed by atoms with E-state index in [1.165, 1.54) is 11.0 Å². The number of carbonyl (C=O) groups is 1. The van der Waals surface area contributed by atoms with E-state index < -0.39 is 0 Å². The van der Waals surface area contributed by atoms with E-state index in [-0.39, 0.29) is 24.1 Å². The standard InChI is InChI=1S/C12H11FN2O/c1-8-10(13)3-2-4-11(8)15-7-9(6-14)5-12(15)16/h2-4,9H,5,7H2,1H3. The molecule has 1 aliphatic rings. The van der Waals surface area contributed by atoms with Crippen LogP contribution in [0.4, 0.5) is 10.1 Å². The molecule has 0 radical (unpaired) electrons. The van der Waals surface area contributed by atoms with Crippen LogP contribution in [0, 0.1) is 30.0 Å².